The van der Waals surface area contributed by atoms with Gasteiger partial charge in [-0.1, -0.05) is 29.3 Å². The molecule has 0 aliphatic carbocycles. The Balaban J connectivity index is 1.46. The number of hydrogen-bond donors (Lipinski definition) is 1. The summed E-state index contributed by atoms with van der Waals surface area (Å²) in [6, 6.07) is 13.1. The van der Waals surface area contributed by atoms with Crippen molar-refractivity contribution in [3.05, 3.63) is 68.7 Å². The molecule has 0 atom stereocenters. The number of benzene rings is 2. The lowest BCUT2D eigenvalue weighted by atomic mass is 10.2. The molecule has 134 valence electrons. The lowest BCUT2D eigenvalue weighted by molar-refractivity contribution is 0.244. The monoisotopic (exact) mass is 388 g/mol. The quantitative estimate of drug-likeness (QED) is 0.745. The third-order valence-electron chi connectivity index (χ3n) is 4.64. The summed E-state index contributed by atoms with van der Waals surface area (Å²) in [7, 11) is 0. The van der Waals surface area contributed by atoms with Crippen LogP contribution in [0, 0.1) is 0 Å². The van der Waals surface area contributed by atoms with Crippen molar-refractivity contribution in [1.29, 1.82) is 0 Å². The number of hydrogen-bond acceptors (Lipinski definition) is 4. The van der Waals surface area contributed by atoms with Gasteiger partial charge in [0.05, 0.1) is 17.4 Å². The second kappa shape index (κ2) is 7.27. The highest BCUT2D eigenvalue weighted by Crippen LogP contribution is 2.21. The molecule has 0 radical (unpaired) electrons. The maximum atomic E-state index is 12.2. The van der Waals surface area contributed by atoms with Crippen LogP contribution in [-0.2, 0) is 6.54 Å². The number of H-pyrrole nitrogens is 1. The van der Waals surface area contributed by atoms with Gasteiger partial charge in [0, 0.05) is 41.9 Å². The van der Waals surface area contributed by atoms with Crippen molar-refractivity contribution in [1.82, 2.24) is 14.9 Å². The molecule has 1 fully saturated rings. The number of fused-ring (bicyclic) bond motifs is 1. The normalized spacial score (nSPS) is 15.5. The maximum Gasteiger partial charge on any atom is 0.258 e. The number of piperazine rings is 1. The smallest absolute Gasteiger partial charge is 0.258 e. The Morgan fingerprint density at radius 3 is 2.54 bits per heavy atom. The van der Waals surface area contributed by atoms with E-state index in [1.54, 1.807) is 18.2 Å². The number of nitrogens with zero attached hydrogens (tertiary/aromatic N) is 3. The number of halogens is 2. The van der Waals surface area contributed by atoms with Crippen molar-refractivity contribution < 1.29 is 0 Å². The fourth-order valence-corrected chi connectivity index (χ4v) is 3.64. The summed E-state index contributed by atoms with van der Waals surface area (Å²) in [4.78, 5) is 24.3. The zero-order valence-electron chi connectivity index (χ0n) is 14.1. The van der Waals surface area contributed by atoms with Crippen LogP contribution in [0.25, 0.3) is 10.9 Å². The molecule has 5 nitrogen and oxygen atoms in total. The van der Waals surface area contributed by atoms with E-state index >= 15 is 0 Å². The Morgan fingerprint density at radius 1 is 1.00 bits per heavy atom. The van der Waals surface area contributed by atoms with Gasteiger partial charge in [-0.3, -0.25) is 9.69 Å². The molecule has 0 unspecified atom stereocenters. The van der Waals surface area contributed by atoms with Crippen molar-refractivity contribution in [2.45, 2.75) is 6.54 Å². The first-order valence-electron chi connectivity index (χ1n) is 8.50. The maximum absolute atomic E-state index is 12.2. The summed E-state index contributed by atoms with van der Waals surface area (Å²) < 4.78 is 0. The minimum atomic E-state index is -0.126. The zero-order valence-corrected chi connectivity index (χ0v) is 15.6. The van der Waals surface area contributed by atoms with Crippen LogP contribution in [0.3, 0.4) is 0 Å². The van der Waals surface area contributed by atoms with Gasteiger partial charge >= 0.3 is 0 Å². The summed E-state index contributed by atoms with van der Waals surface area (Å²) >= 11 is 12.1. The molecule has 1 saturated heterocycles. The molecular weight excluding hydrogens is 371 g/mol. The third-order valence-corrected chi connectivity index (χ3v) is 5.11. The summed E-state index contributed by atoms with van der Waals surface area (Å²) in [6.45, 7) is 4.21. The van der Waals surface area contributed by atoms with Gasteiger partial charge in [0.15, 0.2) is 0 Å². The topological polar surface area (TPSA) is 52.2 Å². The summed E-state index contributed by atoms with van der Waals surface area (Å²) in [5, 5.41) is 1.89. The predicted molar refractivity (Wildman–Crippen MR) is 106 cm³/mol. The number of nitrogens with one attached hydrogen (secondary N) is 1. The minimum absolute atomic E-state index is 0.126. The van der Waals surface area contributed by atoms with Gasteiger partial charge in [0.2, 0.25) is 0 Å². The fraction of sp³-hybridized carbons (Fsp3) is 0.263. The first-order chi connectivity index (χ1) is 12.6. The minimum Gasteiger partial charge on any atom is -0.369 e. The van der Waals surface area contributed by atoms with E-state index in [1.807, 2.05) is 18.2 Å². The van der Waals surface area contributed by atoms with Crippen molar-refractivity contribution in [3.63, 3.8) is 0 Å². The van der Waals surface area contributed by atoms with Crippen LogP contribution in [-0.4, -0.2) is 41.0 Å². The van der Waals surface area contributed by atoms with Crippen LogP contribution in [0.2, 0.25) is 10.0 Å². The Hall–Kier alpha value is -2.08. The molecule has 0 spiro atoms. The highest BCUT2D eigenvalue weighted by molar-refractivity contribution is 6.31. The Kier molecular flexibility index (Phi) is 4.85. The second-order valence-corrected chi connectivity index (χ2v) is 7.29. The van der Waals surface area contributed by atoms with E-state index in [0.717, 1.165) is 36.9 Å². The zero-order chi connectivity index (χ0) is 18.1. The van der Waals surface area contributed by atoms with E-state index in [4.69, 9.17) is 23.2 Å². The van der Waals surface area contributed by atoms with Gasteiger partial charge in [0.25, 0.3) is 5.56 Å². The third kappa shape index (κ3) is 3.70. The molecule has 1 aliphatic heterocycles. The summed E-state index contributed by atoms with van der Waals surface area (Å²) in [5.74, 6) is 0.668. The Bertz CT molecular complexity index is 996. The van der Waals surface area contributed by atoms with Crippen molar-refractivity contribution >= 4 is 39.8 Å². The molecule has 26 heavy (non-hydrogen) atoms. The van der Waals surface area contributed by atoms with E-state index in [9.17, 15) is 4.79 Å². The molecule has 3 aromatic rings. The number of rotatable bonds is 3. The molecule has 4 rings (SSSR count). The molecular formula is C19H18Cl2N4O. The molecule has 7 heteroatoms. The van der Waals surface area contributed by atoms with Gasteiger partial charge in [-0.25, -0.2) is 4.98 Å². The van der Waals surface area contributed by atoms with Crippen molar-refractivity contribution in [3.8, 4) is 0 Å². The lowest BCUT2D eigenvalue weighted by Gasteiger charge is -2.35. The van der Waals surface area contributed by atoms with E-state index in [-0.39, 0.29) is 5.56 Å². The summed E-state index contributed by atoms with van der Waals surface area (Å²) in [6.07, 6.45) is 0. The molecule has 0 bridgehead atoms. The number of aromatic nitrogens is 2. The van der Waals surface area contributed by atoms with E-state index in [1.165, 1.54) is 0 Å². The molecule has 1 aromatic heterocycles. The van der Waals surface area contributed by atoms with Gasteiger partial charge < -0.3 is 9.88 Å². The Labute approximate surface area is 161 Å². The highest BCUT2D eigenvalue weighted by atomic mass is 35.5. The fourth-order valence-electron chi connectivity index (χ4n) is 3.28. The van der Waals surface area contributed by atoms with Gasteiger partial charge in [0.1, 0.15) is 5.82 Å². The molecule has 0 amide bonds. The van der Waals surface area contributed by atoms with Crippen molar-refractivity contribution in [2.75, 3.05) is 31.1 Å². The van der Waals surface area contributed by atoms with Gasteiger partial charge in [-0.15, -0.1) is 0 Å². The van der Waals surface area contributed by atoms with Crippen LogP contribution in [0.15, 0.2) is 47.3 Å². The molecule has 2 aromatic carbocycles. The molecule has 1 N–H and O–H groups in total. The van der Waals surface area contributed by atoms with Crippen LogP contribution in [0.5, 0.6) is 0 Å². The Morgan fingerprint density at radius 2 is 1.77 bits per heavy atom. The highest BCUT2D eigenvalue weighted by Gasteiger charge is 2.18. The van der Waals surface area contributed by atoms with Crippen LogP contribution < -0.4 is 10.5 Å². The average molecular weight is 389 g/mol. The van der Waals surface area contributed by atoms with E-state index in [2.05, 4.69) is 25.8 Å². The first-order valence-corrected chi connectivity index (χ1v) is 9.25. The predicted octanol–water partition coefficient (Wildman–Crippen LogP) is 3.55. The van der Waals surface area contributed by atoms with Gasteiger partial charge in [-0.05, 0) is 36.4 Å². The summed E-state index contributed by atoms with van der Waals surface area (Å²) in [5.41, 5.74) is 1.65. The first kappa shape index (κ1) is 17.3. The number of aromatic amines is 1. The number of anilines is 1. The average Bonchev–Trinajstić information content (AvgIpc) is 2.62. The molecule has 1 aliphatic rings. The molecule has 2 heterocycles. The van der Waals surface area contributed by atoms with Gasteiger partial charge in [-0.2, -0.15) is 0 Å². The van der Waals surface area contributed by atoms with Crippen LogP contribution in [0.4, 0.5) is 5.69 Å². The second-order valence-electron chi connectivity index (χ2n) is 6.42. The molecule has 0 saturated carbocycles. The van der Waals surface area contributed by atoms with Crippen LogP contribution in [0.1, 0.15) is 5.82 Å². The SMILES string of the molecule is O=c1[nH]c(CN2CCN(c3cccc(Cl)c3)CC2)nc2cc(Cl)ccc12. The largest absolute Gasteiger partial charge is 0.369 e. The van der Waals surface area contributed by atoms with Crippen LogP contribution >= 0.6 is 23.2 Å². The van der Waals surface area contributed by atoms with E-state index < -0.39 is 0 Å². The standard InChI is InChI=1S/C19H18Cl2N4O/c20-13-2-1-3-15(10-13)25-8-6-24(7-9-25)12-18-22-17-11-14(21)4-5-16(17)19(26)23-18/h1-5,10-11H,6-9,12H2,(H,22,23,26). The van der Waals surface area contributed by atoms with Crippen molar-refractivity contribution in [2.24, 2.45) is 0 Å². The lowest BCUT2D eigenvalue weighted by Crippen LogP contribution is -2.46. The van der Waals surface area contributed by atoms with E-state index in [0.29, 0.717) is 28.3 Å².